The SMILES string of the molecule is CCc1cccc(C)c1CNc1cc(COCCOC)cn2nc(C)nc12. The highest BCUT2D eigenvalue weighted by Gasteiger charge is 2.11. The van der Waals surface area contributed by atoms with E-state index in [4.69, 9.17) is 9.47 Å². The molecule has 0 unspecified atom stereocenters. The number of hydrogen-bond acceptors (Lipinski definition) is 5. The van der Waals surface area contributed by atoms with Crippen molar-refractivity contribution in [3.8, 4) is 0 Å². The summed E-state index contributed by atoms with van der Waals surface area (Å²) < 4.78 is 12.5. The van der Waals surface area contributed by atoms with Crippen LogP contribution in [0.15, 0.2) is 30.5 Å². The van der Waals surface area contributed by atoms with Crippen LogP contribution < -0.4 is 5.32 Å². The Hall–Kier alpha value is -2.44. The van der Waals surface area contributed by atoms with E-state index in [0.717, 1.165) is 35.7 Å². The van der Waals surface area contributed by atoms with Crippen molar-refractivity contribution >= 4 is 11.3 Å². The molecule has 3 aromatic rings. The van der Waals surface area contributed by atoms with Crippen molar-refractivity contribution in [2.75, 3.05) is 25.6 Å². The molecule has 27 heavy (non-hydrogen) atoms. The van der Waals surface area contributed by atoms with Crippen LogP contribution in [-0.2, 0) is 29.0 Å². The Morgan fingerprint density at radius 2 is 2.04 bits per heavy atom. The van der Waals surface area contributed by atoms with Gasteiger partial charge < -0.3 is 14.8 Å². The van der Waals surface area contributed by atoms with E-state index < -0.39 is 0 Å². The molecule has 2 aromatic heterocycles. The van der Waals surface area contributed by atoms with Crippen LogP contribution in [0.5, 0.6) is 0 Å². The number of methoxy groups -OCH3 is 1. The van der Waals surface area contributed by atoms with Crippen molar-refractivity contribution in [1.82, 2.24) is 14.6 Å². The van der Waals surface area contributed by atoms with Gasteiger partial charge in [0.05, 0.1) is 25.5 Å². The maximum Gasteiger partial charge on any atom is 0.178 e. The van der Waals surface area contributed by atoms with Crippen LogP contribution in [0, 0.1) is 13.8 Å². The van der Waals surface area contributed by atoms with Crippen molar-refractivity contribution in [2.24, 2.45) is 0 Å². The van der Waals surface area contributed by atoms with E-state index in [1.54, 1.807) is 7.11 Å². The first kappa shape index (κ1) is 19.3. The standard InChI is InChI=1S/C21H28N4O2/c1-5-18-8-6-7-15(2)19(18)12-22-20-11-17(14-27-10-9-26-4)13-25-21(20)23-16(3)24-25/h6-8,11,13,22H,5,9-10,12,14H2,1-4H3. The number of aromatic nitrogens is 3. The number of pyridine rings is 1. The summed E-state index contributed by atoms with van der Waals surface area (Å²) in [5.41, 5.74) is 6.86. The van der Waals surface area contributed by atoms with Crippen LogP contribution in [0.1, 0.15) is 35.0 Å². The molecule has 0 atom stereocenters. The van der Waals surface area contributed by atoms with E-state index in [9.17, 15) is 0 Å². The topological polar surface area (TPSA) is 60.7 Å². The van der Waals surface area contributed by atoms with Gasteiger partial charge in [0.2, 0.25) is 0 Å². The van der Waals surface area contributed by atoms with Gasteiger partial charge in [-0.2, -0.15) is 5.10 Å². The summed E-state index contributed by atoms with van der Waals surface area (Å²) in [6, 6.07) is 8.57. The fraction of sp³-hybridized carbons (Fsp3) is 0.429. The van der Waals surface area contributed by atoms with Gasteiger partial charge in [-0.1, -0.05) is 25.1 Å². The molecule has 144 valence electrons. The fourth-order valence-corrected chi connectivity index (χ4v) is 3.22. The van der Waals surface area contributed by atoms with Crippen molar-refractivity contribution in [3.63, 3.8) is 0 Å². The van der Waals surface area contributed by atoms with Crippen molar-refractivity contribution in [2.45, 2.75) is 40.3 Å². The molecule has 6 nitrogen and oxygen atoms in total. The molecule has 2 heterocycles. The summed E-state index contributed by atoms with van der Waals surface area (Å²) in [6.07, 6.45) is 2.99. The van der Waals surface area contributed by atoms with Gasteiger partial charge in [-0.15, -0.1) is 0 Å². The van der Waals surface area contributed by atoms with Gasteiger partial charge >= 0.3 is 0 Å². The van der Waals surface area contributed by atoms with Crippen LogP contribution in [-0.4, -0.2) is 34.9 Å². The summed E-state index contributed by atoms with van der Waals surface area (Å²) in [7, 11) is 1.67. The monoisotopic (exact) mass is 368 g/mol. The number of fused-ring (bicyclic) bond motifs is 1. The molecule has 0 bridgehead atoms. The number of hydrogen-bond donors (Lipinski definition) is 1. The Bertz CT molecular complexity index is 905. The van der Waals surface area contributed by atoms with E-state index >= 15 is 0 Å². The normalized spacial score (nSPS) is 11.3. The first-order valence-electron chi connectivity index (χ1n) is 9.36. The third-order valence-electron chi connectivity index (χ3n) is 4.64. The van der Waals surface area contributed by atoms with Crippen molar-refractivity contribution < 1.29 is 9.47 Å². The third-order valence-corrected chi connectivity index (χ3v) is 4.64. The second-order valence-corrected chi connectivity index (χ2v) is 6.65. The van der Waals surface area contributed by atoms with E-state index in [1.807, 2.05) is 17.6 Å². The summed E-state index contributed by atoms with van der Waals surface area (Å²) in [5, 5.41) is 8.04. The number of anilines is 1. The quantitative estimate of drug-likeness (QED) is 0.584. The first-order chi connectivity index (χ1) is 13.1. The lowest BCUT2D eigenvalue weighted by Gasteiger charge is -2.14. The van der Waals surface area contributed by atoms with Crippen LogP contribution in [0.4, 0.5) is 5.69 Å². The number of ether oxygens (including phenoxy) is 2. The molecule has 3 rings (SSSR count). The minimum atomic E-state index is 0.511. The van der Waals surface area contributed by atoms with Gasteiger partial charge in [0.1, 0.15) is 5.82 Å². The largest absolute Gasteiger partial charge is 0.382 e. The lowest BCUT2D eigenvalue weighted by atomic mass is 10.00. The average Bonchev–Trinajstić information content (AvgIpc) is 3.04. The third kappa shape index (κ3) is 4.64. The molecule has 0 amide bonds. The van der Waals surface area contributed by atoms with Crippen LogP contribution >= 0.6 is 0 Å². The molecule has 0 aliphatic rings. The first-order valence-corrected chi connectivity index (χ1v) is 9.36. The zero-order valence-electron chi connectivity index (χ0n) is 16.6. The second kappa shape index (κ2) is 8.97. The molecule has 1 aromatic carbocycles. The Morgan fingerprint density at radius 3 is 2.81 bits per heavy atom. The summed E-state index contributed by atoms with van der Waals surface area (Å²) in [4.78, 5) is 4.57. The lowest BCUT2D eigenvalue weighted by Crippen LogP contribution is -2.08. The van der Waals surface area contributed by atoms with Crippen LogP contribution in [0.3, 0.4) is 0 Å². The molecule has 0 aliphatic carbocycles. The molecular formula is C21H28N4O2. The number of benzene rings is 1. The van der Waals surface area contributed by atoms with Gasteiger partial charge in [0.25, 0.3) is 0 Å². The zero-order chi connectivity index (χ0) is 19.2. The fourth-order valence-electron chi connectivity index (χ4n) is 3.22. The smallest absolute Gasteiger partial charge is 0.178 e. The van der Waals surface area contributed by atoms with Gasteiger partial charge in [-0.05, 0) is 48.6 Å². The van der Waals surface area contributed by atoms with Crippen molar-refractivity contribution in [1.29, 1.82) is 0 Å². The molecule has 0 aliphatic heterocycles. The van der Waals surface area contributed by atoms with Crippen LogP contribution in [0.2, 0.25) is 0 Å². The van der Waals surface area contributed by atoms with Gasteiger partial charge in [0.15, 0.2) is 5.65 Å². The second-order valence-electron chi connectivity index (χ2n) is 6.65. The van der Waals surface area contributed by atoms with E-state index in [2.05, 4.69) is 53.5 Å². The molecule has 1 N–H and O–H groups in total. The van der Waals surface area contributed by atoms with E-state index in [1.165, 1.54) is 16.7 Å². The van der Waals surface area contributed by atoms with Gasteiger partial charge in [-0.3, -0.25) is 0 Å². The molecule has 0 spiro atoms. The summed E-state index contributed by atoms with van der Waals surface area (Å²) in [5.74, 6) is 0.751. The van der Waals surface area contributed by atoms with Gasteiger partial charge in [-0.25, -0.2) is 9.50 Å². The molecular weight excluding hydrogens is 340 g/mol. The predicted octanol–water partition coefficient (Wildman–Crippen LogP) is 3.68. The highest BCUT2D eigenvalue weighted by atomic mass is 16.5. The Balaban J connectivity index is 1.84. The summed E-state index contributed by atoms with van der Waals surface area (Å²) in [6.45, 7) is 8.67. The molecule has 0 saturated carbocycles. The maximum absolute atomic E-state index is 5.67. The molecule has 6 heteroatoms. The van der Waals surface area contributed by atoms with Gasteiger partial charge in [0, 0.05) is 19.9 Å². The molecule has 0 radical (unpaired) electrons. The Labute approximate surface area is 160 Å². The zero-order valence-corrected chi connectivity index (χ0v) is 16.6. The predicted molar refractivity (Wildman–Crippen MR) is 107 cm³/mol. The minimum absolute atomic E-state index is 0.511. The number of rotatable bonds is 9. The highest BCUT2D eigenvalue weighted by molar-refractivity contribution is 5.68. The lowest BCUT2D eigenvalue weighted by molar-refractivity contribution is 0.0615. The number of nitrogens with one attached hydrogen (secondary N) is 1. The van der Waals surface area contributed by atoms with Crippen molar-refractivity contribution in [3.05, 3.63) is 58.5 Å². The Morgan fingerprint density at radius 1 is 1.19 bits per heavy atom. The minimum Gasteiger partial charge on any atom is -0.382 e. The summed E-state index contributed by atoms with van der Waals surface area (Å²) >= 11 is 0. The Kier molecular flexibility index (Phi) is 6.42. The molecule has 0 fully saturated rings. The number of nitrogens with zero attached hydrogens (tertiary/aromatic N) is 3. The highest BCUT2D eigenvalue weighted by Crippen LogP contribution is 2.22. The van der Waals surface area contributed by atoms with E-state index in [0.29, 0.717) is 19.8 Å². The maximum atomic E-state index is 5.67. The molecule has 0 saturated heterocycles. The average molecular weight is 368 g/mol. The van der Waals surface area contributed by atoms with Crippen LogP contribution in [0.25, 0.3) is 5.65 Å². The number of aryl methyl sites for hydroxylation is 3. The van der Waals surface area contributed by atoms with E-state index in [-0.39, 0.29) is 0 Å².